The zero-order valence-corrected chi connectivity index (χ0v) is 12.1. The highest BCUT2D eigenvalue weighted by molar-refractivity contribution is 5.31. The molecule has 2 atom stereocenters. The molecule has 2 unspecified atom stereocenters. The topological polar surface area (TPSA) is 12.0 Å². The molecule has 2 rings (SSSR count). The van der Waals surface area contributed by atoms with Gasteiger partial charge in [-0.3, -0.25) is 0 Å². The molecule has 1 aromatic rings. The molecular weight excluding hydrogens is 263 g/mol. The second-order valence-corrected chi connectivity index (χ2v) is 6.03. The molecule has 1 nitrogen and oxygen atoms in total. The quantitative estimate of drug-likeness (QED) is 0.858. The van der Waals surface area contributed by atoms with Crippen LogP contribution in [0.15, 0.2) is 24.3 Å². The van der Waals surface area contributed by atoms with Crippen LogP contribution in [0.3, 0.4) is 0 Å². The van der Waals surface area contributed by atoms with Crippen molar-refractivity contribution < 1.29 is 13.2 Å². The van der Waals surface area contributed by atoms with Gasteiger partial charge in [0, 0.05) is 6.04 Å². The van der Waals surface area contributed by atoms with Gasteiger partial charge in [0.25, 0.3) is 0 Å². The van der Waals surface area contributed by atoms with Gasteiger partial charge in [0.05, 0.1) is 5.56 Å². The summed E-state index contributed by atoms with van der Waals surface area (Å²) in [6.45, 7) is 5.30. The monoisotopic (exact) mass is 285 g/mol. The SMILES string of the molecule is CCCNC1CCC(C)(c2ccc(C(F)(F)F)cc2)C1. The normalized spacial score (nSPS) is 26.9. The van der Waals surface area contributed by atoms with Crippen LogP contribution in [0.4, 0.5) is 13.2 Å². The second kappa shape index (κ2) is 5.76. The van der Waals surface area contributed by atoms with Crippen molar-refractivity contribution >= 4 is 0 Å². The lowest BCUT2D eigenvalue weighted by Gasteiger charge is -2.25. The zero-order chi connectivity index (χ0) is 14.8. The van der Waals surface area contributed by atoms with Crippen molar-refractivity contribution in [2.24, 2.45) is 0 Å². The van der Waals surface area contributed by atoms with Crippen molar-refractivity contribution in [3.05, 3.63) is 35.4 Å². The number of benzene rings is 1. The van der Waals surface area contributed by atoms with E-state index in [-0.39, 0.29) is 5.41 Å². The average molecular weight is 285 g/mol. The van der Waals surface area contributed by atoms with Gasteiger partial charge in [0.15, 0.2) is 0 Å². The molecule has 0 aliphatic heterocycles. The lowest BCUT2D eigenvalue weighted by molar-refractivity contribution is -0.137. The molecule has 1 aliphatic rings. The van der Waals surface area contributed by atoms with Gasteiger partial charge in [-0.2, -0.15) is 13.2 Å². The second-order valence-electron chi connectivity index (χ2n) is 6.03. The van der Waals surface area contributed by atoms with Crippen LogP contribution in [-0.4, -0.2) is 12.6 Å². The first-order valence-electron chi connectivity index (χ1n) is 7.26. The van der Waals surface area contributed by atoms with Crippen molar-refractivity contribution in [2.45, 2.75) is 57.2 Å². The van der Waals surface area contributed by atoms with E-state index >= 15 is 0 Å². The number of hydrogen-bond donors (Lipinski definition) is 1. The summed E-state index contributed by atoms with van der Waals surface area (Å²) in [7, 11) is 0. The summed E-state index contributed by atoms with van der Waals surface area (Å²) in [6.07, 6.45) is -0.0244. The summed E-state index contributed by atoms with van der Waals surface area (Å²) < 4.78 is 37.8. The Morgan fingerprint density at radius 2 is 1.90 bits per heavy atom. The zero-order valence-electron chi connectivity index (χ0n) is 12.1. The first-order chi connectivity index (χ1) is 9.35. The average Bonchev–Trinajstić information content (AvgIpc) is 2.79. The minimum absolute atomic E-state index is 0.00443. The van der Waals surface area contributed by atoms with E-state index in [1.54, 1.807) is 12.1 Å². The highest BCUT2D eigenvalue weighted by Gasteiger charge is 2.37. The summed E-state index contributed by atoms with van der Waals surface area (Å²) in [5.41, 5.74) is 0.449. The van der Waals surface area contributed by atoms with Crippen molar-refractivity contribution in [3.8, 4) is 0 Å². The highest BCUT2D eigenvalue weighted by Crippen LogP contribution is 2.41. The number of hydrogen-bond acceptors (Lipinski definition) is 1. The van der Waals surface area contributed by atoms with Gasteiger partial charge in [0.2, 0.25) is 0 Å². The van der Waals surface area contributed by atoms with Crippen LogP contribution in [0, 0.1) is 0 Å². The third-order valence-corrected chi connectivity index (χ3v) is 4.33. The van der Waals surface area contributed by atoms with E-state index in [1.165, 1.54) is 12.1 Å². The number of rotatable bonds is 4. The predicted octanol–water partition coefficient (Wildman–Crippen LogP) is 4.52. The van der Waals surface area contributed by atoms with Crippen molar-refractivity contribution in [3.63, 3.8) is 0 Å². The van der Waals surface area contributed by atoms with Crippen molar-refractivity contribution in [1.82, 2.24) is 5.32 Å². The molecular formula is C16H22F3N. The third-order valence-electron chi connectivity index (χ3n) is 4.33. The summed E-state index contributed by atoms with van der Waals surface area (Å²) in [6, 6.07) is 6.18. The van der Waals surface area contributed by atoms with Gasteiger partial charge < -0.3 is 5.32 Å². The van der Waals surface area contributed by atoms with E-state index in [4.69, 9.17) is 0 Å². The van der Waals surface area contributed by atoms with Gasteiger partial charge in [-0.25, -0.2) is 0 Å². The Hall–Kier alpha value is -1.03. The van der Waals surface area contributed by atoms with Crippen molar-refractivity contribution in [1.29, 1.82) is 0 Å². The smallest absolute Gasteiger partial charge is 0.314 e. The lowest BCUT2D eigenvalue weighted by atomic mass is 9.80. The minimum Gasteiger partial charge on any atom is -0.314 e. The summed E-state index contributed by atoms with van der Waals surface area (Å²) in [5, 5.41) is 3.51. The molecule has 0 saturated heterocycles. The maximum Gasteiger partial charge on any atom is 0.416 e. The fourth-order valence-electron chi connectivity index (χ4n) is 3.09. The van der Waals surface area contributed by atoms with Gasteiger partial charge in [-0.15, -0.1) is 0 Å². The van der Waals surface area contributed by atoms with E-state index in [0.29, 0.717) is 6.04 Å². The molecule has 0 radical (unpaired) electrons. The Kier molecular flexibility index (Phi) is 4.43. The number of halogens is 3. The van der Waals surface area contributed by atoms with Crippen LogP contribution < -0.4 is 5.32 Å². The van der Waals surface area contributed by atoms with Gasteiger partial charge in [0.1, 0.15) is 0 Å². The summed E-state index contributed by atoms with van der Waals surface area (Å²) in [5.74, 6) is 0. The van der Waals surface area contributed by atoms with Crippen LogP contribution in [0.25, 0.3) is 0 Å². The Labute approximate surface area is 118 Å². The molecule has 1 N–H and O–H groups in total. The molecule has 0 aromatic heterocycles. The first kappa shape index (κ1) is 15.4. The Balaban J connectivity index is 2.08. The fraction of sp³-hybridized carbons (Fsp3) is 0.625. The summed E-state index contributed by atoms with van der Waals surface area (Å²) >= 11 is 0. The number of alkyl halides is 3. The molecule has 4 heteroatoms. The Morgan fingerprint density at radius 1 is 1.25 bits per heavy atom. The molecule has 1 fully saturated rings. The predicted molar refractivity (Wildman–Crippen MR) is 74.7 cm³/mol. The molecule has 0 spiro atoms. The fourth-order valence-corrected chi connectivity index (χ4v) is 3.09. The molecule has 1 aromatic carbocycles. The third kappa shape index (κ3) is 3.35. The van der Waals surface area contributed by atoms with Crippen LogP contribution in [0.2, 0.25) is 0 Å². The first-order valence-corrected chi connectivity index (χ1v) is 7.26. The molecule has 1 saturated carbocycles. The summed E-state index contributed by atoms with van der Waals surface area (Å²) in [4.78, 5) is 0. The van der Waals surface area contributed by atoms with Crippen molar-refractivity contribution in [2.75, 3.05) is 6.54 Å². The Bertz CT molecular complexity index is 438. The van der Waals surface area contributed by atoms with E-state index < -0.39 is 11.7 Å². The van der Waals surface area contributed by atoms with Crippen LogP contribution in [0.5, 0.6) is 0 Å². The molecule has 0 bridgehead atoms. The van der Waals surface area contributed by atoms with Crippen LogP contribution in [0.1, 0.15) is 50.7 Å². The van der Waals surface area contributed by atoms with E-state index in [9.17, 15) is 13.2 Å². The van der Waals surface area contributed by atoms with Gasteiger partial charge in [-0.05, 0) is 55.3 Å². The van der Waals surface area contributed by atoms with E-state index in [1.807, 2.05) is 0 Å². The highest BCUT2D eigenvalue weighted by atomic mass is 19.4. The molecule has 20 heavy (non-hydrogen) atoms. The molecule has 1 aliphatic carbocycles. The molecule has 0 heterocycles. The van der Waals surface area contributed by atoms with Crippen LogP contribution >= 0.6 is 0 Å². The van der Waals surface area contributed by atoms with Crippen LogP contribution in [-0.2, 0) is 11.6 Å². The number of nitrogens with one attached hydrogen (secondary N) is 1. The van der Waals surface area contributed by atoms with E-state index in [0.717, 1.165) is 37.8 Å². The minimum atomic E-state index is -4.25. The maximum atomic E-state index is 12.6. The van der Waals surface area contributed by atoms with Gasteiger partial charge in [-0.1, -0.05) is 26.0 Å². The standard InChI is InChI=1S/C16H22F3N/c1-3-10-20-14-8-9-15(2,11-14)12-4-6-13(7-5-12)16(17,18)19/h4-7,14,20H,3,8-11H2,1-2H3. The van der Waals surface area contributed by atoms with E-state index in [2.05, 4.69) is 19.2 Å². The van der Waals surface area contributed by atoms with Gasteiger partial charge >= 0.3 is 6.18 Å². The molecule has 0 amide bonds. The lowest BCUT2D eigenvalue weighted by Crippen LogP contribution is -2.29. The maximum absolute atomic E-state index is 12.6. The largest absolute Gasteiger partial charge is 0.416 e. The molecule has 112 valence electrons. The Morgan fingerprint density at radius 3 is 2.45 bits per heavy atom.